The van der Waals surface area contributed by atoms with Gasteiger partial charge in [-0.3, -0.25) is 19.7 Å². The van der Waals surface area contributed by atoms with Gasteiger partial charge in [0.2, 0.25) is 11.8 Å². The van der Waals surface area contributed by atoms with Gasteiger partial charge in [0.05, 0.1) is 18.8 Å². The summed E-state index contributed by atoms with van der Waals surface area (Å²) in [6, 6.07) is 25.4. The summed E-state index contributed by atoms with van der Waals surface area (Å²) in [6.07, 6.45) is 7.77. The monoisotopic (exact) mass is 711 g/mol. The lowest BCUT2D eigenvalue weighted by Gasteiger charge is -2.41. The topological polar surface area (TPSA) is 120 Å². The third kappa shape index (κ3) is 10.1. The van der Waals surface area contributed by atoms with Gasteiger partial charge in [-0.15, -0.1) is 0 Å². The molecule has 3 fully saturated rings. The van der Waals surface area contributed by atoms with Crippen LogP contribution in [0, 0.1) is 10.8 Å². The van der Waals surface area contributed by atoms with Gasteiger partial charge in [0.25, 0.3) is 0 Å². The van der Waals surface area contributed by atoms with Crippen molar-refractivity contribution in [1.29, 1.82) is 0 Å². The number of fused-ring (bicyclic) bond motifs is 2. The molecule has 1 saturated carbocycles. The molecule has 9 heteroatoms. The van der Waals surface area contributed by atoms with Crippen LogP contribution in [0.2, 0.25) is 0 Å². The van der Waals surface area contributed by atoms with Crippen LogP contribution in [-0.2, 0) is 32.2 Å². The van der Waals surface area contributed by atoms with E-state index in [1.54, 1.807) is 5.48 Å². The number of amides is 2. The second-order valence-corrected chi connectivity index (χ2v) is 16.5. The lowest BCUT2D eigenvalue weighted by atomic mass is 9.65. The van der Waals surface area contributed by atoms with Gasteiger partial charge in [0.15, 0.2) is 6.29 Å². The van der Waals surface area contributed by atoms with Crippen molar-refractivity contribution in [1.82, 2.24) is 15.7 Å². The van der Waals surface area contributed by atoms with Crippen LogP contribution >= 0.6 is 0 Å². The molecule has 9 nitrogen and oxygen atoms in total. The maximum absolute atomic E-state index is 12.5. The number of aliphatic hydroxyl groups excluding tert-OH is 1. The largest absolute Gasteiger partial charge is 0.392 e. The van der Waals surface area contributed by atoms with E-state index in [1.165, 1.54) is 19.3 Å². The molecule has 2 heterocycles. The van der Waals surface area contributed by atoms with Crippen molar-refractivity contribution in [3.05, 3.63) is 95.1 Å². The number of hydroxylamine groups is 1. The molecule has 1 aliphatic carbocycles. The maximum Gasteiger partial charge on any atom is 0.243 e. The van der Waals surface area contributed by atoms with Crippen LogP contribution in [0.1, 0.15) is 120 Å². The SMILES string of the molecule is CC1(C)CC2CC(C)(CN2CC2CC(c3ccc(CO)cc3)OC(c3cccc(-c4cccc(CNC(=O)CCCCCCC(=O)NO)c4)c3)O2)C1. The molecule has 6 rings (SSSR count). The zero-order valence-corrected chi connectivity index (χ0v) is 31.1. The third-order valence-electron chi connectivity index (χ3n) is 11.2. The smallest absolute Gasteiger partial charge is 0.243 e. The minimum Gasteiger partial charge on any atom is -0.392 e. The summed E-state index contributed by atoms with van der Waals surface area (Å²) in [5.74, 6) is -0.364. The molecule has 2 aliphatic heterocycles. The van der Waals surface area contributed by atoms with Crippen LogP contribution in [0.3, 0.4) is 0 Å². The average Bonchev–Trinajstić information content (AvgIpc) is 3.38. The Labute approximate surface area is 309 Å². The first-order valence-electron chi connectivity index (χ1n) is 19.1. The van der Waals surface area contributed by atoms with Crippen molar-refractivity contribution in [3.8, 4) is 11.1 Å². The molecule has 2 bridgehead atoms. The highest BCUT2D eigenvalue weighted by Crippen LogP contribution is 2.53. The van der Waals surface area contributed by atoms with E-state index in [9.17, 15) is 14.7 Å². The number of carbonyl (C=O) groups is 2. The first-order valence-corrected chi connectivity index (χ1v) is 19.1. The van der Waals surface area contributed by atoms with Crippen LogP contribution in [-0.4, -0.2) is 52.3 Å². The fraction of sp³-hybridized carbons (Fsp3) is 0.535. The summed E-state index contributed by atoms with van der Waals surface area (Å²) in [7, 11) is 0. The average molecular weight is 712 g/mol. The van der Waals surface area contributed by atoms with E-state index in [0.29, 0.717) is 42.7 Å². The first kappa shape index (κ1) is 38.1. The molecule has 4 N–H and O–H groups in total. The van der Waals surface area contributed by atoms with Crippen LogP contribution in [0.5, 0.6) is 0 Å². The Balaban J connectivity index is 1.11. The zero-order valence-electron chi connectivity index (χ0n) is 31.1. The lowest BCUT2D eigenvalue weighted by molar-refractivity contribution is -0.253. The van der Waals surface area contributed by atoms with E-state index in [2.05, 4.69) is 79.5 Å². The number of rotatable bonds is 15. The Kier molecular flexibility index (Phi) is 12.5. The second kappa shape index (κ2) is 17.0. The number of benzene rings is 3. The molecule has 0 spiro atoms. The van der Waals surface area contributed by atoms with Gasteiger partial charge in [0, 0.05) is 50.5 Å². The van der Waals surface area contributed by atoms with Gasteiger partial charge in [-0.25, -0.2) is 5.48 Å². The number of nitrogens with one attached hydrogen (secondary N) is 2. The molecule has 0 aromatic heterocycles. The Morgan fingerprint density at radius 2 is 1.54 bits per heavy atom. The number of aliphatic hydroxyl groups is 1. The summed E-state index contributed by atoms with van der Waals surface area (Å²) < 4.78 is 13.6. The van der Waals surface area contributed by atoms with Gasteiger partial charge < -0.3 is 19.9 Å². The lowest BCUT2D eigenvalue weighted by Crippen LogP contribution is -2.42. The summed E-state index contributed by atoms with van der Waals surface area (Å²) in [4.78, 5) is 26.3. The Morgan fingerprint density at radius 1 is 0.827 bits per heavy atom. The Bertz CT molecular complexity index is 1660. The molecule has 280 valence electrons. The van der Waals surface area contributed by atoms with E-state index in [1.807, 2.05) is 24.3 Å². The van der Waals surface area contributed by atoms with Gasteiger partial charge in [-0.1, -0.05) is 94.3 Å². The fourth-order valence-electron chi connectivity index (χ4n) is 9.08. The number of carbonyl (C=O) groups excluding carboxylic acids is 2. The molecule has 3 aliphatic rings. The third-order valence-corrected chi connectivity index (χ3v) is 11.2. The normalized spacial score (nSPS) is 25.5. The van der Waals surface area contributed by atoms with Crippen molar-refractivity contribution in [2.75, 3.05) is 13.1 Å². The van der Waals surface area contributed by atoms with Crippen LogP contribution in [0.25, 0.3) is 11.1 Å². The minimum absolute atomic E-state index is 0.00990. The molecule has 0 radical (unpaired) electrons. The number of hydrogen-bond donors (Lipinski definition) is 4. The van der Waals surface area contributed by atoms with E-state index in [4.69, 9.17) is 14.7 Å². The van der Waals surface area contributed by atoms with Crippen molar-refractivity contribution in [2.45, 2.75) is 123 Å². The Morgan fingerprint density at radius 3 is 2.27 bits per heavy atom. The first-order chi connectivity index (χ1) is 25.0. The quantitative estimate of drug-likeness (QED) is 0.0723. The summed E-state index contributed by atoms with van der Waals surface area (Å²) >= 11 is 0. The molecular formula is C43H57N3O6. The van der Waals surface area contributed by atoms with Crippen molar-refractivity contribution in [3.63, 3.8) is 0 Å². The molecule has 3 aromatic carbocycles. The highest BCUT2D eigenvalue weighted by Gasteiger charge is 2.50. The van der Waals surface area contributed by atoms with Crippen LogP contribution < -0.4 is 10.8 Å². The molecule has 2 saturated heterocycles. The van der Waals surface area contributed by atoms with Gasteiger partial charge >= 0.3 is 0 Å². The maximum atomic E-state index is 12.5. The highest BCUT2D eigenvalue weighted by atomic mass is 16.7. The minimum atomic E-state index is -0.524. The zero-order chi connectivity index (χ0) is 36.7. The van der Waals surface area contributed by atoms with Crippen LogP contribution in [0.4, 0.5) is 0 Å². The molecule has 5 atom stereocenters. The molecular weight excluding hydrogens is 654 g/mol. The van der Waals surface area contributed by atoms with Gasteiger partial charge in [-0.05, 0) is 82.9 Å². The Hall–Kier alpha value is -3.60. The summed E-state index contributed by atoms with van der Waals surface area (Å²) in [5, 5.41) is 21.3. The van der Waals surface area contributed by atoms with Crippen molar-refractivity contribution < 1.29 is 29.4 Å². The van der Waals surface area contributed by atoms with Crippen LogP contribution in [0.15, 0.2) is 72.8 Å². The van der Waals surface area contributed by atoms with Crippen molar-refractivity contribution >= 4 is 11.8 Å². The fourth-order valence-corrected chi connectivity index (χ4v) is 9.08. The second-order valence-electron chi connectivity index (χ2n) is 16.5. The summed E-state index contributed by atoms with van der Waals surface area (Å²) in [6.45, 7) is 9.77. The van der Waals surface area contributed by atoms with E-state index >= 15 is 0 Å². The molecule has 2 amide bonds. The predicted molar refractivity (Wildman–Crippen MR) is 201 cm³/mol. The number of likely N-dealkylation sites (tertiary alicyclic amines) is 1. The number of ether oxygens (including phenoxy) is 2. The number of hydrogen-bond acceptors (Lipinski definition) is 7. The highest BCUT2D eigenvalue weighted by molar-refractivity contribution is 5.76. The van der Waals surface area contributed by atoms with E-state index < -0.39 is 6.29 Å². The number of unbranched alkanes of at least 4 members (excludes halogenated alkanes) is 3. The van der Waals surface area contributed by atoms with E-state index in [0.717, 1.165) is 72.2 Å². The molecule has 3 aromatic rings. The number of nitrogens with zero attached hydrogens (tertiary/aromatic N) is 1. The molecule has 5 unspecified atom stereocenters. The predicted octanol–water partition coefficient (Wildman–Crippen LogP) is 7.75. The van der Waals surface area contributed by atoms with Gasteiger partial charge in [-0.2, -0.15) is 0 Å². The molecule has 52 heavy (non-hydrogen) atoms. The standard InChI is InChI=1S/C43H57N3O6/c1-42(2)23-36-24-43(3,28-42)29-46(36)26-37-22-38(32-18-16-30(27-47)17-19-32)52-41(51-37)35-13-9-12-34(21-35)33-11-8-10-31(20-33)25-44-39(48)14-6-4-5-7-15-40(49)45-50/h8-13,16-21,36-38,41,47,50H,4-7,14-15,22-29H2,1-3H3,(H,44,48)(H,45,49). The summed E-state index contributed by atoms with van der Waals surface area (Å²) in [5.41, 5.74) is 8.46. The van der Waals surface area contributed by atoms with E-state index in [-0.39, 0.29) is 30.6 Å². The van der Waals surface area contributed by atoms with Crippen molar-refractivity contribution in [2.24, 2.45) is 10.8 Å². The van der Waals surface area contributed by atoms with Gasteiger partial charge in [0.1, 0.15) is 0 Å².